The highest BCUT2D eigenvalue weighted by Crippen LogP contribution is 2.23. The monoisotopic (exact) mass is 303 g/mol. The van der Waals surface area contributed by atoms with Gasteiger partial charge >= 0.3 is 0 Å². The molecule has 0 aliphatic carbocycles. The maximum Gasteiger partial charge on any atom is 0.221 e. The number of benzene rings is 1. The van der Waals surface area contributed by atoms with Gasteiger partial charge in [-0.1, -0.05) is 12.1 Å². The molecule has 1 aromatic carbocycles. The summed E-state index contributed by atoms with van der Waals surface area (Å²) in [6, 6.07) is 8.16. The van der Waals surface area contributed by atoms with E-state index in [1.165, 1.54) is 11.5 Å². The minimum absolute atomic E-state index is 0.840. The number of ether oxygens (including phenoxy) is 1. The molecule has 1 aliphatic rings. The summed E-state index contributed by atoms with van der Waals surface area (Å²) in [4.78, 5) is 7.93. The molecule has 1 saturated heterocycles. The van der Waals surface area contributed by atoms with Crippen LogP contribution in [0.3, 0.4) is 0 Å². The Morgan fingerprint density at radius 2 is 2.10 bits per heavy atom. The number of hydrogen-bond donors (Lipinski definition) is 1. The zero-order chi connectivity index (χ0) is 14.1. The minimum atomic E-state index is 0.840. The predicted octanol–water partition coefficient (Wildman–Crippen LogP) is 1.69. The molecule has 3 heterocycles. The zero-order valence-corrected chi connectivity index (χ0v) is 12.5. The molecule has 110 valence electrons. The summed E-state index contributed by atoms with van der Waals surface area (Å²) in [7, 11) is 0. The first-order valence-corrected chi connectivity index (χ1v) is 7.96. The predicted molar refractivity (Wildman–Crippen MR) is 84.1 cm³/mol. The van der Waals surface area contributed by atoms with E-state index < -0.39 is 0 Å². The lowest BCUT2D eigenvalue weighted by atomic mass is 10.3. The Hall–Kier alpha value is -1.70. The molecule has 0 spiro atoms. The zero-order valence-electron chi connectivity index (χ0n) is 11.7. The van der Waals surface area contributed by atoms with E-state index in [2.05, 4.69) is 30.0 Å². The van der Waals surface area contributed by atoms with Gasteiger partial charge in [0.25, 0.3) is 0 Å². The Balaban J connectivity index is 1.50. The van der Waals surface area contributed by atoms with Crippen LogP contribution in [0.1, 0.15) is 0 Å². The first-order chi connectivity index (χ1) is 10.4. The molecule has 0 unspecified atom stereocenters. The second-order valence-electron chi connectivity index (χ2n) is 5.11. The number of nitrogens with zero attached hydrogens (tertiary/aromatic N) is 4. The highest BCUT2D eigenvalue weighted by atomic mass is 32.1. The molecule has 4 rings (SSSR count). The van der Waals surface area contributed by atoms with Crippen molar-refractivity contribution >= 4 is 33.5 Å². The number of nitrogens with one attached hydrogen (secondary N) is 1. The summed E-state index contributed by atoms with van der Waals surface area (Å²) in [6.45, 7) is 5.60. The van der Waals surface area contributed by atoms with Crippen LogP contribution in [0, 0.1) is 0 Å². The minimum Gasteiger partial charge on any atom is -0.379 e. The van der Waals surface area contributed by atoms with Crippen LogP contribution in [-0.4, -0.2) is 58.1 Å². The molecular formula is C14H17N5OS. The van der Waals surface area contributed by atoms with Crippen molar-refractivity contribution in [3.05, 3.63) is 24.3 Å². The molecule has 6 nitrogen and oxygen atoms in total. The van der Waals surface area contributed by atoms with Gasteiger partial charge in [-0.25, -0.2) is 4.98 Å². The summed E-state index contributed by atoms with van der Waals surface area (Å²) < 4.78 is 11.9. The van der Waals surface area contributed by atoms with Crippen LogP contribution in [0.25, 0.3) is 16.0 Å². The molecule has 1 aliphatic heterocycles. The summed E-state index contributed by atoms with van der Waals surface area (Å²) in [6.07, 6.45) is 0. The van der Waals surface area contributed by atoms with Gasteiger partial charge in [-0.15, -0.1) is 0 Å². The second kappa shape index (κ2) is 5.59. The molecule has 3 aromatic rings. The number of morpholine rings is 1. The molecule has 0 amide bonds. The molecule has 1 N–H and O–H groups in total. The van der Waals surface area contributed by atoms with E-state index in [0.717, 1.165) is 61.3 Å². The molecule has 0 radical (unpaired) electrons. The van der Waals surface area contributed by atoms with E-state index in [-0.39, 0.29) is 0 Å². The third-order valence-corrected chi connectivity index (χ3v) is 4.47. The standard InChI is InChI=1S/C14H17N5OS/c1-2-4-12-11(3-1)16-14-19(12)13(17-21-14)15-5-6-18-7-9-20-10-8-18/h1-4H,5-10H2,(H,15,17). The lowest BCUT2D eigenvalue weighted by molar-refractivity contribution is 0.0398. The van der Waals surface area contributed by atoms with Crippen molar-refractivity contribution < 1.29 is 4.74 Å². The fourth-order valence-corrected chi connectivity index (χ4v) is 3.38. The molecule has 21 heavy (non-hydrogen) atoms. The summed E-state index contributed by atoms with van der Waals surface area (Å²) in [5, 5.41) is 3.43. The SMILES string of the molecule is c1ccc2c(c1)nc1snc(NCCN3CCOCC3)n12. The van der Waals surface area contributed by atoms with Crippen LogP contribution in [0.15, 0.2) is 24.3 Å². The summed E-state index contributed by atoms with van der Waals surface area (Å²) in [5.74, 6) is 0.886. The van der Waals surface area contributed by atoms with Crippen LogP contribution in [0.5, 0.6) is 0 Å². The first-order valence-electron chi connectivity index (χ1n) is 7.19. The van der Waals surface area contributed by atoms with Gasteiger partial charge in [-0.05, 0) is 12.1 Å². The number of hydrogen-bond acceptors (Lipinski definition) is 6. The molecule has 1 fully saturated rings. The average molecular weight is 303 g/mol. The van der Waals surface area contributed by atoms with Crippen LogP contribution in [-0.2, 0) is 4.74 Å². The number of rotatable bonds is 4. The topological polar surface area (TPSA) is 54.7 Å². The Kier molecular flexibility index (Phi) is 3.46. The fraction of sp³-hybridized carbons (Fsp3) is 0.429. The van der Waals surface area contributed by atoms with Gasteiger partial charge < -0.3 is 10.1 Å². The van der Waals surface area contributed by atoms with Gasteiger partial charge in [0.15, 0.2) is 0 Å². The highest BCUT2D eigenvalue weighted by molar-refractivity contribution is 7.11. The van der Waals surface area contributed by atoms with Gasteiger partial charge in [-0.2, -0.15) is 4.37 Å². The Morgan fingerprint density at radius 1 is 1.24 bits per heavy atom. The van der Waals surface area contributed by atoms with E-state index in [9.17, 15) is 0 Å². The molecule has 0 bridgehead atoms. The molecule has 7 heteroatoms. The van der Waals surface area contributed by atoms with E-state index in [4.69, 9.17) is 4.74 Å². The first kappa shape index (κ1) is 13.0. The van der Waals surface area contributed by atoms with E-state index in [1.54, 1.807) is 0 Å². The lowest BCUT2D eigenvalue weighted by Gasteiger charge is -2.26. The van der Waals surface area contributed by atoms with Crippen molar-refractivity contribution in [3.63, 3.8) is 0 Å². The number of anilines is 1. The van der Waals surface area contributed by atoms with Crippen molar-refractivity contribution in [3.8, 4) is 0 Å². The average Bonchev–Trinajstić information content (AvgIpc) is 3.08. The number of para-hydroxylation sites is 2. The fourth-order valence-electron chi connectivity index (χ4n) is 2.66. The molecule has 2 aromatic heterocycles. The van der Waals surface area contributed by atoms with Crippen LogP contribution in [0.4, 0.5) is 5.95 Å². The Morgan fingerprint density at radius 3 is 3.00 bits per heavy atom. The maximum atomic E-state index is 5.36. The maximum absolute atomic E-state index is 5.36. The largest absolute Gasteiger partial charge is 0.379 e. The summed E-state index contributed by atoms with van der Waals surface area (Å²) in [5.41, 5.74) is 2.12. The smallest absolute Gasteiger partial charge is 0.221 e. The Labute approximate surface area is 126 Å². The van der Waals surface area contributed by atoms with Crippen LogP contribution in [0.2, 0.25) is 0 Å². The molecule has 0 saturated carbocycles. The van der Waals surface area contributed by atoms with Gasteiger partial charge in [0.2, 0.25) is 10.9 Å². The van der Waals surface area contributed by atoms with Gasteiger partial charge in [-0.3, -0.25) is 9.30 Å². The van der Waals surface area contributed by atoms with Crippen LogP contribution >= 0.6 is 11.5 Å². The van der Waals surface area contributed by atoms with Crippen molar-refractivity contribution in [2.24, 2.45) is 0 Å². The highest BCUT2D eigenvalue weighted by Gasteiger charge is 2.13. The normalized spacial score (nSPS) is 16.8. The number of fused-ring (bicyclic) bond motifs is 3. The Bertz CT molecular complexity index is 746. The number of aromatic nitrogens is 3. The van der Waals surface area contributed by atoms with E-state index >= 15 is 0 Å². The molecular weight excluding hydrogens is 286 g/mol. The van der Waals surface area contributed by atoms with Crippen molar-refractivity contribution in [1.29, 1.82) is 0 Å². The van der Waals surface area contributed by atoms with Crippen molar-refractivity contribution in [2.45, 2.75) is 0 Å². The van der Waals surface area contributed by atoms with Crippen LogP contribution < -0.4 is 5.32 Å². The van der Waals surface area contributed by atoms with Gasteiger partial charge in [0.1, 0.15) is 0 Å². The van der Waals surface area contributed by atoms with E-state index in [1.807, 2.05) is 18.2 Å². The second-order valence-corrected chi connectivity index (χ2v) is 5.84. The number of imidazole rings is 1. The van der Waals surface area contributed by atoms with Crippen molar-refractivity contribution in [2.75, 3.05) is 44.7 Å². The lowest BCUT2D eigenvalue weighted by Crippen LogP contribution is -2.39. The quantitative estimate of drug-likeness (QED) is 0.795. The summed E-state index contributed by atoms with van der Waals surface area (Å²) >= 11 is 1.43. The van der Waals surface area contributed by atoms with Gasteiger partial charge in [0, 0.05) is 37.7 Å². The molecule has 0 atom stereocenters. The van der Waals surface area contributed by atoms with Gasteiger partial charge in [0.05, 0.1) is 24.2 Å². The third kappa shape index (κ3) is 2.48. The van der Waals surface area contributed by atoms with E-state index in [0.29, 0.717) is 0 Å². The van der Waals surface area contributed by atoms with Crippen molar-refractivity contribution in [1.82, 2.24) is 18.7 Å². The third-order valence-electron chi connectivity index (χ3n) is 3.77.